The number of carbonyl (C=O) groups excluding carboxylic acids is 1. The lowest BCUT2D eigenvalue weighted by Gasteiger charge is -2.23. The Morgan fingerprint density at radius 3 is 2.26 bits per heavy atom. The van der Waals surface area contributed by atoms with Gasteiger partial charge in [0.25, 0.3) is 0 Å². The van der Waals surface area contributed by atoms with Gasteiger partial charge in [-0.25, -0.2) is 9.36 Å². The molecular weight excluding hydrogens is 345 g/mol. The van der Waals surface area contributed by atoms with Gasteiger partial charge in [0.2, 0.25) is 3.79 Å². The molecule has 19 heavy (non-hydrogen) atoms. The van der Waals surface area contributed by atoms with Crippen LogP contribution in [0.1, 0.15) is 13.8 Å². The molecule has 0 radical (unpaired) electrons. The predicted molar refractivity (Wildman–Crippen MR) is 66.9 cm³/mol. The highest BCUT2D eigenvalue weighted by Crippen LogP contribution is 2.43. The SMILES string of the molecule is CC(OP(=O)(O)O)=C(C)C1OC(=O)OC1C(Cl)(Cl)Cl. The van der Waals surface area contributed by atoms with Crippen molar-refractivity contribution >= 4 is 48.8 Å². The van der Waals surface area contributed by atoms with Gasteiger partial charge >= 0.3 is 14.0 Å². The Balaban J connectivity index is 3.03. The maximum absolute atomic E-state index is 11.1. The summed E-state index contributed by atoms with van der Waals surface area (Å²) in [6.07, 6.45) is -3.42. The van der Waals surface area contributed by atoms with E-state index in [1.165, 1.54) is 13.8 Å². The standard InChI is InChI=1S/C8H10Cl3O7P/c1-3(4(2)18-19(13,14)15)5-6(8(9,10)11)17-7(12)16-5/h5-6H,1-2H3,(H2,13,14,15). The molecular formula is C8H10Cl3O7P. The molecule has 0 amide bonds. The van der Waals surface area contributed by atoms with E-state index in [0.29, 0.717) is 0 Å². The molecule has 1 rings (SSSR count). The number of hydrogen-bond donors (Lipinski definition) is 2. The molecule has 2 N–H and O–H groups in total. The fourth-order valence-corrected chi connectivity index (χ4v) is 2.34. The summed E-state index contributed by atoms with van der Waals surface area (Å²) in [5.74, 6) is -0.157. The molecule has 0 aromatic rings. The van der Waals surface area contributed by atoms with E-state index in [4.69, 9.17) is 54.1 Å². The van der Waals surface area contributed by atoms with Gasteiger partial charge in [0.1, 0.15) is 5.76 Å². The van der Waals surface area contributed by atoms with E-state index in [-0.39, 0.29) is 11.3 Å². The van der Waals surface area contributed by atoms with Gasteiger partial charge in [0.05, 0.1) is 0 Å². The van der Waals surface area contributed by atoms with Crippen LogP contribution in [-0.2, 0) is 18.6 Å². The fraction of sp³-hybridized carbons (Fsp3) is 0.625. The number of allylic oxidation sites excluding steroid dienone is 1. The van der Waals surface area contributed by atoms with E-state index in [1.54, 1.807) is 0 Å². The highest BCUT2D eigenvalue weighted by Gasteiger charge is 2.50. The van der Waals surface area contributed by atoms with Crippen LogP contribution in [-0.4, -0.2) is 31.9 Å². The summed E-state index contributed by atoms with van der Waals surface area (Å²) in [7, 11) is -4.73. The van der Waals surface area contributed by atoms with Gasteiger partial charge in [-0.05, 0) is 13.8 Å². The van der Waals surface area contributed by atoms with Gasteiger partial charge in [-0.15, -0.1) is 0 Å². The van der Waals surface area contributed by atoms with E-state index >= 15 is 0 Å². The molecule has 1 aliphatic heterocycles. The van der Waals surface area contributed by atoms with Crippen LogP contribution >= 0.6 is 42.6 Å². The zero-order valence-electron chi connectivity index (χ0n) is 9.67. The molecule has 0 spiro atoms. The number of phosphoric ester groups is 1. The molecule has 1 heterocycles. The molecule has 1 aliphatic rings. The van der Waals surface area contributed by atoms with Crippen molar-refractivity contribution < 1.29 is 33.1 Å². The Morgan fingerprint density at radius 1 is 1.32 bits per heavy atom. The van der Waals surface area contributed by atoms with Crippen molar-refractivity contribution in [1.82, 2.24) is 0 Å². The minimum Gasteiger partial charge on any atom is -0.422 e. The Bertz CT molecular complexity index is 452. The van der Waals surface area contributed by atoms with E-state index in [2.05, 4.69) is 4.52 Å². The van der Waals surface area contributed by atoms with E-state index in [0.717, 1.165) is 0 Å². The van der Waals surface area contributed by atoms with Crippen molar-refractivity contribution in [2.45, 2.75) is 29.8 Å². The smallest absolute Gasteiger partial charge is 0.422 e. The van der Waals surface area contributed by atoms with Gasteiger partial charge in [0.15, 0.2) is 12.2 Å². The average Bonchev–Trinajstić information content (AvgIpc) is 2.55. The second-order valence-electron chi connectivity index (χ2n) is 3.69. The third-order valence-corrected chi connectivity index (χ3v) is 3.44. The number of cyclic esters (lactones) is 2. The van der Waals surface area contributed by atoms with Gasteiger partial charge in [-0.2, -0.15) is 0 Å². The quantitative estimate of drug-likeness (QED) is 0.347. The van der Waals surface area contributed by atoms with Crippen molar-refractivity contribution in [3.63, 3.8) is 0 Å². The first-order chi connectivity index (χ1) is 8.42. The van der Waals surface area contributed by atoms with Crippen molar-refractivity contribution in [3.05, 3.63) is 11.3 Å². The number of ether oxygens (including phenoxy) is 2. The summed E-state index contributed by atoms with van der Waals surface area (Å²) < 4.78 is 22.6. The predicted octanol–water partition coefficient (Wildman–Crippen LogP) is 2.66. The van der Waals surface area contributed by atoms with Crippen LogP contribution in [0.5, 0.6) is 0 Å². The largest absolute Gasteiger partial charge is 0.524 e. The summed E-state index contributed by atoms with van der Waals surface area (Å²) in [4.78, 5) is 28.5. The highest BCUT2D eigenvalue weighted by atomic mass is 35.6. The summed E-state index contributed by atoms with van der Waals surface area (Å²) in [5.41, 5.74) is 0.158. The Morgan fingerprint density at radius 2 is 1.84 bits per heavy atom. The van der Waals surface area contributed by atoms with Gasteiger partial charge in [-0.1, -0.05) is 34.8 Å². The first kappa shape index (κ1) is 16.9. The monoisotopic (exact) mass is 354 g/mol. The lowest BCUT2D eigenvalue weighted by Crippen LogP contribution is -2.36. The molecule has 0 aliphatic carbocycles. The van der Waals surface area contributed by atoms with E-state index in [9.17, 15) is 9.36 Å². The Labute approximate surface area is 123 Å². The molecule has 2 atom stereocenters. The first-order valence-electron chi connectivity index (χ1n) is 4.78. The molecule has 11 heteroatoms. The number of halogens is 3. The molecule has 110 valence electrons. The lowest BCUT2D eigenvalue weighted by atomic mass is 10.1. The minimum absolute atomic E-state index is 0.157. The minimum atomic E-state index is -4.73. The van der Waals surface area contributed by atoms with Crippen LogP contribution in [0.4, 0.5) is 4.79 Å². The van der Waals surface area contributed by atoms with E-state index in [1.807, 2.05) is 0 Å². The van der Waals surface area contributed by atoms with Crippen molar-refractivity contribution in [2.24, 2.45) is 0 Å². The average molecular weight is 355 g/mol. The molecule has 0 aromatic carbocycles. The highest BCUT2D eigenvalue weighted by molar-refractivity contribution is 7.46. The number of rotatable bonds is 3. The third-order valence-electron chi connectivity index (χ3n) is 2.28. The molecule has 0 bridgehead atoms. The normalized spacial score (nSPS) is 25.5. The van der Waals surface area contributed by atoms with Gasteiger partial charge in [-0.3, -0.25) is 9.79 Å². The second-order valence-corrected chi connectivity index (χ2v) is 7.22. The van der Waals surface area contributed by atoms with Crippen LogP contribution in [0.2, 0.25) is 0 Å². The zero-order valence-corrected chi connectivity index (χ0v) is 12.8. The molecule has 0 saturated carbocycles. The summed E-state index contributed by atoms with van der Waals surface area (Å²) in [6, 6.07) is 0. The maximum atomic E-state index is 11.1. The number of hydrogen-bond acceptors (Lipinski definition) is 5. The first-order valence-corrected chi connectivity index (χ1v) is 7.44. The van der Waals surface area contributed by atoms with Gasteiger partial charge in [0, 0.05) is 5.57 Å². The number of phosphoric acid groups is 1. The van der Waals surface area contributed by atoms with Gasteiger partial charge < -0.3 is 14.0 Å². The van der Waals surface area contributed by atoms with Crippen molar-refractivity contribution in [2.75, 3.05) is 0 Å². The molecule has 1 fully saturated rings. The maximum Gasteiger partial charge on any atom is 0.524 e. The van der Waals surface area contributed by atoms with E-state index < -0.39 is 30.0 Å². The van der Waals surface area contributed by atoms with Crippen molar-refractivity contribution in [1.29, 1.82) is 0 Å². The van der Waals surface area contributed by atoms with Crippen LogP contribution in [0.25, 0.3) is 0 Å². The molecule has 1 saturated heterocycles. The summed E-state index contributed by atoms with van der Waals surface area (Å²) in [5, 5.41) is 0. The lowest BCUT2D eigenvalue weighted by molar-refractivity contribution is 0.117. The number of alkyl halides is 3. The second kappa shape index (κ2) is 5.68. The Hall–Kier alpha value is -0.170. The fourth-order valence-electron chi connectivity index (χ4n) is 1.36. The van der Waals surface area contributed by atoms with Crippen molar-refractivity contribution in [3.8, 4) is 0 Å². The molecule has 7 nitrogen and oxygen atoms in total. The zero-order chi connectivity index (χ0) is 15.0. The summed E-state index contributed by atoms with van der Waals surface area (Å²) >= 11 is 16.9. The summed E-state index contributed by atoms with van der Waals surface area (Å²) in [6.45, 7) is 2.68. The molecule has 2 unspecified atom stereocenters. The van der Waals surface area contributed by atoms with Crippen LogP contribution in [0.15, 0.2) is 11.3 Å². The Kier molecular flexibility index (Phi) is 5.04. The van der Waals surface area contributed by atoms with Crippen LogP contribution in [0.3, 0.4) is 0 Å². The van der Waals surface area contributed by atoms with Crippen LogP contribution < -0.4 is 0 Å². The number of carbonyl (C=O) groups is 1. The van der Waals surface area contributed by atoms with Crippen LogP contribution in [0, 0.1) is 0 Å². The third kappa shape index (κ3) is 4.70. The topological polar surface area (TPSA) is 102 Å². The molecule has 0 aromatic heterocycles.